The van der Waals surface area contributed by atoms with Gasteiger partial charge in [-0.2, -0.15) is 0 Å². The van der Waals surface area contributed by atoms with E-state index >= 15 is 0 Å². The molecule has 1 aliphatic carbocycles. The summed E-state index contributed by atoms with van der Waals surface area (Å²) >= 11 is 0. The quantitative estimate of drug-likeness (QED) is 0.632. The second-order valence-corrected chi connectivity index (χ2v) is 7.60. The van der Waals surface area contributed by atoms with E-state index in [-0.39, 0.29) is 22.9 Å². The fraction of sp³-hybridized carbons (Fsp3) is 0.500. The number of benzene rings is 1. The zero-order chi connectivity index (χ0) is 17.3. The van der Waals surface area contributed by atoms with Crippen molar-refractivity contribution in [1.29, 1.82) is 0 Å². The Balaban J connectivity index is 2.01. The van der Waals surface area contributed by atoms with Crippen molar-refractivity contribution < 1.29 is 14.3 Å². The molecule has 4 heteroatoms. The Morgan fingerprint density at radius 1 is 1.12 bits per heavy atom. The van der Waals surface area contributed by atoms with Gasteiger partial charge in [0.1, 0.15) is 0 Å². The van der Waals surface area contributed by atoms with Crippen LogP contribution in [0, 0.1) is 11.3 Å². The Labute approximate surface area is 143 Å². The molecule has 0 radical (unpaired) electrons. The van der Waals surface area contributed by atoms with Gasteiger partial charge in [0.15, 0.2) is 11.6 Å². The Morgan fingerprint density at radius 3 is 2.33 bits per heavy atom. The first-order chi connectivity index (χ1) is 11.4. The molecule has 0 N–H and O–H groups in total. The molecule has 0 amide bonds. The molecule has 128 valence electrons. The summed E-state index contributed by atoms with van der Waals surface area (Å²) < 4.78 is 5.43. The predicted molar refractivity (Wildman–Crippen MR) is 92.8 cm³/mol. The summed E-state index contributed by atoms with van der Waals surface area (Å²) in [6, 6.07) is 9.11. The minimum atomic E-state index is -0.159. The average molecular weight is 327 g/mol. The number of morpholine rings is 1. The fourth-order valence-electron chi connectivity index (χ4n) is 3.50. The highest BCUT2D eigenvalue weighted by Gasteiger charge is 2.44. The largest absolute Gasteiger partial charge is 0.378 e. The van der Waals surface area contributed by atoms with Crippen LogP contribution in [0.5, 0.6) is 0 Å². The third-order valence-electron chi connectivity index (χ3n) is 4.95. The van der Waals surface area contributed by atoms with Crippen LogP contribution < -0.4 is 0 Å². The van der Waals surface area contributed by atoms with E-state index < -0.39 is 0 Å². The standard InChI is InChI=1S/C20H25NO3/c1-20(2,3)15-13-16(21-9-11-24-12-10-21)17(19(15)23)18(22)14-7-5-4-6-8-14/h4-8,15H,9-13H2,1-3H3. The minimum absolute atomic E-state index is 0.00200. The van der Waals surface area contributed by atoms with Crippen LogP contribution in [0.3, 0.4) is 0 Å². The van der Waals surface area contributed by atoms with Crippen molar-refractivity contribution in [1.82, 2.24) is 4.90 Å². The molecule has 24 heavy (non-hydrogen) atoms. The lowest BCUT2D eigenvalue weighted by Gasteiger charge is -2.32. The summed E-state index contributed by atoms with van der Waals surface area (Å²) in [6.07, 6.45) is 0.649. The maximum absolute atomic E-state index is 13.1. The number of carbonyl (C=O) groups is 2. The number of hydrogen-bond donors (Lipinski definition) is 0. The van der Waals surface area contributed by atoms with E-state index in [1.807, 2.05) is 18.2 Å². The van der Waals surface area contributed by atoms with Crippen molar-refractivity contribution in [2.24, 2.45) is 11.3 Å². The maximum Gasteiger partial charge on any atom is 0.198 e. The maximum atomic E-state index is 13.1. The highest BCUT2D eigenvalue weighted by molar-refractivity contribution is 6.28. The van der Waals surface area contributed by atoms with Crippen molar-refractivity contribution >= 4 is 11.6 Å². The van der Waals surface area contributed by atoms with Crippen LogP contribution in [-0.4, -0.2) is 42.8 Å². The van der Waals surface area contributed by atoms with Gasteiger partial charge in [-0.15, -0.1) is 0 Å². The molecule has 1 aromatic rings. The predicted octanol–water partition coefficient (Wildman–Crippen LogP) is 3.09. The summed E-state index contributed by atoms with van der Waals surface area (Å²) in [7, 11) is 0. The molecule has 4 nitrogen and oxygen atoms in total. The molecule has 1 aliphatic heterocycles. The summed E-state index contributed by atoms with van der Waals surface area (Å²) in [6.45, 7) is 8.98. The monoisotopic (exact) mass is 327 g/mol. The number of ether oxygens (including phenoxy) is 1. The fourth-order valence-corrected chi connectivity index (χ4v) is 3.50. The molecule has 1 heterocycles. The van der Waals surface area contributed by atoms with Crippen molar-refractivity contribution in [3.05, 3.63) is 47.2 Å². The van der Waals surface area contributed by atoms with Gasteiger partial charge in [-0.25, -0.2) is 0 Å². The van der Waals surface area contributed by atoms with Gasteiger partial charge in [0.25, 0.3) is 0 Å². The van der Waals surface area contributed by atoms with E-state index in [1.54, 1.807) is 12.1 Å². The van der Waals surface area contributed by atoms with Crippen LogP contribution in [0.15, 0.2) is 41.6 Å². The van der Waals surface area contributed by atoms with E-state index in [1.165, 1.54) is 0 Å². The first-order valence-corrected chi connectivity index (χ1v) is 8.59. The molecular weight excluding hydrogens is 302 g/mol. The van der Waals surface area contributed by atoms with Crippen LogP contribution >= 0.6 is 0 Å². The van der Waals surface area contributed by atoms with E-state index in [2.05, 4.69) is 25.7 Å². The van der Waals surface area contributed by atoms with Crippen molar-refractivity contribution in [2.45, 2.75) is 27.2 Å². The number of Topliss-reactive ketones (excluding diaryl/α,β-unsaturated/α-hetero) is 2. The van der Waals surface area contributed by atoms with Gasteiger partial charge in [-0.3, -0.25) is 9.59 Å². The van der Waals surface area contributed by atoms with Gasteiger partial charge in [0.05, 0.1) is 18.8 Å². The van der Waals surface area contributed by atoms with Crippen molar-refractivity contribution in [2.75, 3.05) is 26.3 Å². The lowest BCUT2D eigenvalue weighted by Crippen LogP contribution is -2.36. The summed E-state index contributed by atoms with van der Waals surface area (Å²) in [5, 5.41) is 0. The molecule has 0 saturated carbocycles. The second kappa shape index (κ2) is 6.52. The number of hydrogen-bond acceptors (Lipinski definition) is 4. The molecule has 1 fully saturated rings. The first kappa shape index (κ1) is 16.9. The minimum Gasteiger partial charge on any atom is -0.378 e. The molecule has 0 spiro atoms. The van der Waals surface area contributed by atoms with Gasteiger partial charge in [0, 0.05) is 30.3 Å². The normalized spacial score (nSPS) is 22.2. The molecule has 0 bridgehead atoms. The van der Waals surface area contributed by atoms with Crippen LogP contribution in [0.1, 0.15) is 37.6 Å². The van der Waals surface area contributed by atoms with Gasteiger partial charge in [0.2, 0.25) is 0 Å². The smallest absolute Gasteiger partial charge is 0.198 e. The van der Waals surface area contributed by atoms with E-state index in [9.17, 15) is 9.59 Å². The lowest BCUT2D eigenvalue weighted by atomic mass is 9.77. The number of allylic oxidation sites excluding steroid dienone is 2. The summed E-state index contributed by atoms with van der Waals surface area (Å²) in [5.41, 5.74) is 1.73. The van der Waals surface area contributed by atoms with Gasteiger partial charge >= 0.3 is 0 Å². The average Bonchev–Trinajstić information content (AvgIpc) is 2.93. The molecule has 2 aliphatic rings. The van der Waals surface area contributed by atoms with Crippen LogP contribution in [0.4, 0.5) is 0 Å². The van der Waals surface area contributed by atoms with Crippen molar-refractivity contribution in [3.63, 3.8) is 0 Å². The summed E-state index contributed by atoms with van der Waals surface area (Å²) in [5.74, 6) is -0.287. The third kappa shape index (κ3) is 3.16. The van der Waals surface area contributed by atoms with Crippen LogP contribution in [0.2, 0.25) is 0 Å². The summed E-state index contributed by atoms with van der Waals surface area (Å²) in [4.78, 5) is 28.3. The molecule has 1 aromatic carbocycles. The van der Waals surface area contributed by atoms with Gasteiger partial charge in [-0.05, 0) is 11.8 Å². The number of carbonyl (C=O) groups excluding carboxylic acids is 2. The molecule has 1 atom stereocenters. The molecule has 1 saturated heterocycles. The highest BCUT2D eigenvalue weighted by Crippen LogP contribution is 2.42. The second-order valence-electron chi connectivity index (χ2n) is 7.60. The van der Waals surface area contributed by atoms with Crippen molar-refractivity contribution in [3.8, 4) is 0 Å². The van der Waals surface area contributed by atoms with Gasteiger partial charge in [-0.1, -0.05) is 51.1 Å². The Kier molecular flexibility index (Phi) is 4.59. The molecule has 3 rings (SSSR count). The Bertz CT molecular complexity index is 664. The van der Waals surface area contributed by atoms with Crippen LogP contribution in [0.25, 0.3) is 0 Å². The topological polar surface area (TPSA) is 46.6 Å². The highest BCUT2D eigenvalue weighted by atomic mass is 16.5. The van der Waals surface area contributed by atoms with E-state index in [0.29, 0.717) is 30.8 Å². The SMILES string of the molecule is CC(C)(C)C1CC(N2CCOCC2)=C(C(=O)c2ccccc2)C1=O. The third-order valence-corrected chi connectivity index (χ3v) is 4.95. The lowest BCUT2D eigenvalue weighted by molar-refractivity contribution is -0.120. The van der Waals surface area contributed by atoms with E-state index in [0.717, 1.165) is 18.8 Å². The molecular formula is C20H25NO3. The zero-order valence-corrected chi connectivity index (χ0v) is 14.7. The Morgan fingerprint density at radius 2 is 1.75 bits per heavy atom. The Hall–Kier alpha value is -1.94. The molecule has 0 aromatic heterocycles. The number of ketones is 2. The zero-order valence-electron chi connectivity index (χ0n) is 14.7. The number of rotatable bonds is 3. The van der Waals surface area contributed by atoms with Crippen LogP contribution in [-0.2, 0) is 9.53 Å². The van der Waals surface area contributed by atoms with Gasteiger partial charge < -0.3 is 9.64 Å². The van der Waals surface area contributed by atoms with E-state index in [4.69, 9.17) is 4.74 Å². The number of nitrogens with zero attached hydrogens (tertiary/aromatic N) is 1. The first-order valence-electron chi connectivity index (χ1n) is 8.59. The molecule has 1 unspecified atom stereocenters.